The normalized spacial score (nSPS) is 17.3. The van der Waals surface area contributed by atoms with Gasteiger partial charge in [-0.1, -0.05) is 50.8 Å². The number of anilines is 1. The number of hydrogen-bond donors (Lipinski definition) is 1. The van der Waals surface area contributed by atoms with Gasteiger partial charge in [0.05, 0.1) is 12.7 Å². The van der Waals surface area contributed by atoms with E-state index in [4.69, 9.17) is 4.74 Å². The Hall–Kier alpha value is -1.88. The molecule has 1 amide bonds. The number of carbonyl (C=O) groups excluding carboxylic acids is 2. The second-order valence-electron chi connectivity index (χ2n) is 6.57. The van der Waals surface area contributed by atoms with Gasteiger partial charge in [-0.3, -0.25) is 9.59 Å². The predicted octanol–water partition coefficient (Wildman–Crippen LogP) is 2.94. The molecule has 138 valence electrons. The van der Waals surface area contributed by atoms with Crippen molar-refractivity contribution in [3.8, 4) is 0 Å². The van der Waals surface area contributed by atoms with Crippen molar-refractivity contribution in [2.24, 2.45) is 0 Å². The molecule has 0 bridgehead atoms. The molecule has 1 aliphatic heterocycles. The molecular weight excluding hydrogens is 316 g/mol. The van der Waals surface area contributed by atoms with Gasteiger partial charge >= 0.3 is 0 Å². The molecule has 1 N–H and O–H groups in total. The lowest BCUT2D eigenvalue weighted by atomic mass is 10.1. The van der Waals surface area contributed by atoms with E-state index < -0.39 is 5.91 Å². The Morgan fingerprint density at radius 2 is 1.92 bits per heavy atom. The van der Waals surface area contributed by atoms with Gasteiger partial charge in [-0.05, 0) is 18.6 Å². The molecule has 1 aliphatic rings. The molecule has 0 spiro atoms. The molecule has 2 rings (SSSR count). The van der Waals surface area contributed by atoms with Crippen LogP contribution >= 0.6 is 0 Å². The molecule has 1 saturated heterocycles. The number of rotatable bonds is 10. The first kappa shape index (κ1) is 19.4. The highest BCUT2D eigenvalue weighted by molar-refractivity contribution is 6.36. The minimum atomic E-state index is -0.476. The summed E-state index contributed by atoms with van der Waals surface area (Å²) in [5.74, 6) is -0.789. The zero-order chi connectivity index (χ0) is 17.9. The number of morpholine rings is 1. The van der Waals surface area contributed by atoms with Gasteiger partial charge in [-0.15, -0.1) is 0 Å². The topological polar surface area (TPSA) is 58.6 Å². The Morgan fingerprint density at radius 1 is 1.16 bits per heavy atom. The van der Waals surface area contributed by atoms with Gasteiger partial charge in [0.25, 0.3) is 5.91 Å². The van der Waals surface area contributed by atoms with Gasteiger partial charge in [-0.2, -0.15) is 0 Å². The standard InChI is InChI=1S/C20H30N2O3/c1-2-3-4-5-9-12-19(23)20(24)21-15-18-16-22(13-14-25-18)17-10-7-6-8-11-17/h6-8,10-11,18H,2-5,9,12-16H2,1H3,(H,21,24). The average molecular weight is 346 g/mol. The van der Waals surface area contributed by atoms with Crippen LogP contribution in [0.4, 0.5) is 5.69 Å². The van der Waals surface area contributed by atoms with Crippen LogP contribution in [0.25, 0.3) is 0 Å². The molecule has 1 unspecified atom stereocenters. The van der Waals surface area contributed by atoms with Crippen LogP contribution < -0.4 is 10.2 Å². The molecule has 5 nitrogen and oxygen atoms in total. The summed E-state index contributed by atoms with van der Waals surface area (Å²) in [4.78, 5) is 26.0. The average Bonchev–Trinajstić information content (AvgIpc) is 2.66. The number of ketones is 1. The summed E-state index contributed by atoms with van der Waals surface area (Å²) in [7, 11) is 0. The van der Waals surface area contributed by atoms with Crippen molar-refractivity contribution in [2.45, 2.75) is 51.6 Å². The van der Waals surface area contributed by atoms with Gasteiger partial charge in [0.15, 0.2) is 0 Å². The first-order chi connectivity index (χ1) is 12.2. The molecule has 25 heavy (non-hydrogen) atoms. The Labute approximate surface area is 150 Å². The van der Waals surface area contributed by atoms with E-state index in [1.54, 1.807) is 0 Å². The van der Waals surface area contributed by atoms with Crippen LogP contribution in [0, 0.1) is 0 Å². The van der Waals surface area contributed by atoms with Crippen molar-refractivity contribution in [3.63, 3.8) is 0 Å². The molecule has 1 heterocycles. The highest BCUT2D eigenvalue weighted by Gasteiger charge is 2.22. The minimum absolute atomic E-state index is 0.0877. The maximum Gasteiger partial charge on any atom is 0.287 e. The van der Waals surface area contributed by atoms with Crippen molar-refractivity contribution in [1.82, 2.24) is 5.32 Å². The van der Waals surface area contributed by atoms with Crippen LogP contribution in [-0.2, 0) is 14.3 Å². The van der Waals surface area contributed by atoms with E-state index in [0.717, 1.165) is 38.0 Å². The van der Waals surface area contributed by atoms with E-state index >= 15 is 0 Å². The molecule has 0 aliphatic carbocycles. The SMILES string of the molecule is CCCCCCCC(=O)C(=O)NCC1CN(c2ccccc2)CCO1. The molecule has 0 aromatic heterocycles. The van der Waals surface area contributed by atoms with E-state index in [1.807, 2.05) is 18.2 Å². The fraction of sp³-hybridized carbons (Fsp3) is 0.600. The number of nitrogens with zero attached hydrogens (tertiary/aromatic N) is 1. The smallest absolute Gasteiger partial charge is 0.287 e. The van der Waals surface area contributed by atoms with Crippen LogP contribution in [0.15, 0.2) is 30.3 Å². The minimum Gasteiger partial charge on any atom is -0.373 e. The Bertz CT molecular complexity index is 533. The summed E-state index contributed by atoms with van der Waals surface area (Å²) in [5, 5.41) is 2.74. The maximum atomic E-state index is 11.9. The van der Waals surface area contributed by atoms with E-state index in [1.165, 1.54) is 12.8 Å². The number of nitrogens with one attached hydrogen (secondary N) is 1. The summed E-state index contributed by atoms with van der Waals surface area (Å²) < 4.78 is 5.72. The molecular formula is C20H30N2O3. The molecule has 1 atom stereocenters. The van der Waals surface area contributed by atoms with Crippen molar-refractivity contribution in [3.05, 3.63) is 30.3 Å². The van der Waals surface area contributed by atoms with Crippen LogP contribution in [0.1, 0.15) is 45.4 Å². The highest BCUT2D eigenvalue weighted by Crippen LogP contribution is 2.16. The number of carbonyl (C=O) groups is 2. The Balaban J connectivity index is 1.67. The number of ether oxygens (including phenoxy) is 1. The second kappa shape index (κ2) is 10.9. The third kappa shape index (κ3) is 6.86. The van der Waals surface area contributed by atoms with E-state index in [0.29, 0.717) is 19.6 Å². The molecule has 1 fully saturated rings. The number of unbranched alkanes of at least 4 members (excludes halogenated alkanes) is 4. The van der Waals surface area contributed by atoms with Crippen LogP contribution in [-0.4, -0.2) is 44.0 Å². The lowest BCUT2D eigenvalue weighted by molar-refractivity contribution is -0.138. The zero-order valence-corrected chi connectivity index (χ0v) is 15.2. The molecule has 5 heteroatoms. The quantitative estimate of drug-likeness (QED) is 0.523. The highest BCUT2D eigenvalue weighted by atomic mass is 16.5. The number of Topliss-reactive ketones (excluding diaryl/α,β-unsaturated/α-hetero) is 1. The Morgan fingerprint density at radius 3 is 2.68 bits per heavy atom. The van der Waals surface area contributed by atoms with Gasteiger partial charge in [0.2, 0.25) is 5.78 Å². The zero-order valence-electron chi connectivity index (χ0n) is 15.2. The number of amides is 1. The van der Waals surface area contributed by atoms with Gasteiger partial charge in [-0.25, -0.2) is 0 Å². The van der Waals surface area contributed by atoms with Crippen LogP contribution in [0.3, 0.4) is 0 Å². The molecule has 1 aromatic carbocycles. The number of benzene rings is 1. The van der Waals surface area contributed by atoms with E-state index in [9.17, 15) is 9.59 Å². The fourth-order valence-corrected chi connectivity index (χ4v) is 3.02. The summed E-state index contributed by atoms with van der Waals surface area (Å²) in [6.45, 7) is 4.72. The Kier molecular flexibility index (Phi) is 8.46. The molecule has 1 aromatic rings. The van der Waals surface area contributed by atoms with Crippen LogP contribution in [0.5, 0.6) is 0 Å². The third-order valence-corrected chi connectivity index (χ3v) is 4.51. The van der Waals surface area contributed by atoms with Gasteiger partial charge < -0.3 is 15.0 Å². The fourth-order valence-electron chi connectivity index (χ4n) is 3.02. The molecule has 0 radical (unpaired) electrons. The van der Waals surface area contributed by atoms with Gasteiger partial charge in [0.1, 0.15) is 0 Å². The van der Waals surface area contributed by atoms with E-state index in [-0.39, 0.29) is 11.9 Å². The summed E-state index contributed by atoms with van der Waals surface area (Å²) in [5.41, 5.74) is 1.16. The summed E-state index contributed by atoms with van der Waals surface area (Å²) in [6.07, 6.45) is 5.58. The lowest BCUT2D eigenvalue weighted by Crippen LogP contribution is -2.48. The summed E-state index contributed by atoms with van der Waals surface area (Å²) in [6, 6.07) is 10.2. The van der Waals surface area contributed by atoms with Crippen molar-refractivity contribution in [1.29, 1.82) is 0 Å². The molecule has 0 saturated carbocycles. The largest absolute Gasteiger partial charge is 0.373 e. The van der Waals surface area contributed by atoms with Crippen molar-refractivity contribution < 1.29 is 14.3 Å². The van der Waals surface area contributed by atoms with Crippen molar-refractivity contribution in [2.75, 3.05) is 31.1 Å². The first-order valence-corrected chi connectivity index (χ1v) is 9.43. The van der Waals surface area contributed by atoms with E-state index in [2.05, 4.69) is 29.3 Å². The van der Waals surface area contributed by atoms with Crippen LogP contribution in [0.2, 0.25) is 0 Å². The first-order valence-electron chi connectivity index (χ1n) is 9.43. The monoisotopic (exact) mass is 346 g/mol. The maximum absolute atomic E-state index is 11.9. The van der Waals surface area contributed by atoms with Gasteiger partial charge in [0, 0.05) is 31.7 Å². The lowest BCUT2D eigenvalue weighted by Gasteiger charge is -2.34. The summed E-state index contributed by atoms with van der Waals surface area (Å²) >= 11 is 0. The van der Waals surface area contributed by atoms with Crippen molar-refractivity contribution >= 4 is 17.4 Å². The number of hydrogen-bond acceptors (Lipinski definition) is 4. The third-order valence-electron chi connectivity index (χ3n) is 4.51. The number of para-hydroxylation sites is 1. The predicted molar refractivity (Wildman–Crippen MR) is 99.8 cm³/mol. The second-order valence-corrected chi connectivity index (χ2v) is 6.57.